The van der Waals surface area contributed by atoms with Crippen molar-refractivity contribution in [3.05, 3.63) is 71.4 Å². The van der Waals surface area contributed by atoms with Gasteiger partial charge in [0.25, 0.3) is 5.78 Å². The predicted molar refractivity (Wildman–Crippen MR) is 86.6 cm³/mol. The molecule has 1 aliphatic carbocycles. The van der Waals surface area contributed by atoms with Gasteiger partial charge >= 0.3 is 0 Å². The van der Waals surface area contributed by atoms with Crippen LogP contribution in [0.15, 0.2) is 60.3 Å². The number of ketones is 2. The van der Waals surface area contributed by atoms with Gasteiger partial charge in [0.05, 0.1) is 5.70 Å². The molecule has 0 fully saturated rings. The van der Waals surface area contributed by atoms with Crippen molar-refractivity contribution in [2.75, 3.05) is 5.32 Å². The molecule has 3 rings (SSSR count). The predicted octanol–water partition coefficient (Wildman–Crippen LogP) is 2.37. The van der Waals surface area contributed by atoms with E-state index in [1.54, 1.807) is 24.3 Å². The van der Waals surface area contributed by atoms with Crippen molar-refractivity contribution in [1.29, 1.82) is 0 Å². The van der Waals surface area contributed by atoms with Gasteiger partial charge in [-0.25, -0.2) is 0 Å². The zero-order valence-corrected chi connectivity index (χ0v) is 12.4. The smallest absolute Gasteiger partial charge is 0.251 e. The highest BCUT2D eigenvalue weighted by Crippen LogP contribution is 2.29. The Hall–Kier alpha value is -3.21. The number of hydrogen-bond donors (Lipinski definition) is 2. The molecule has 114 valence electrons. The Morgan fingerprint density at radius 2 is 1.39 bits per heavy atom. The number of para-hydroxylation sites is 1. The molecule has 2 N–H and O–H groups in total. The topological polar surface area (TPSA) is 75.3 Å². The number of carbonyl (C=O) groups excluding carboxylic acids is 3. The number of rotatable bonds is 3. The summed E-state index contributed by atoms with van der Waals surface area (Å²) in [6.45, 7) is 1.30. The summed E-state index contributed by atoms with van der Waals surface area (Å²) in [6.07, 6.45) is 0. The summed E-state index contributed by atoms with van der Waals surface area (Å²) in [5.41, 5.74) is 2.06. The number of anilines is 1. The van der Waals surface area contributed by atoms with Gasteiger partial charge in [-0.05, 0) is 12.1 Å². The molecule has 0 aliphatic heterocycles. The van der Waals surface area contributed by atoms with Crippen LogP contribution in [0.2, 0.25) is 0 Å². The second-order valence-electron chi connectivity index (χ2n) is 5.13. The number of Topliss-reactive ketones (excluding diaryl/α,β-unsaturated/α-hetero) is 2. The van der Waals surface area contributed by atoms with Crippen molar-refractivity contribution in [3.8, 4) is 0 Å². The lowest BCUT2D eigenvalue weighted by atomic mass is 9.90. The van der Waals surface area contributed by atoms with Crippen LogP contribution in [0.25, 0.3) is 5.70 Å². The molecule has 0 saturated heterocycles. The Bertz CT molecular complexity index is 838. The van der Waals surface area contributed by atoms with Crippen molar-refractivity contribution in [1.82, 2.24) is 5.32 Å². The Balaban J connectivity index is 2.18. The van der Waals surface area contributed by atoms with Crippen LogP contribution < -0.4 is 10.6 Å². The molecule has 2 aromatic carbocycles. The molecular formula is C18H14N2O3. The first-order valence-electron chi connectivity index (χ1n) is 7.10. The fourth-order valence-electron chi connectivity index (χ4n) is 2.47. The van der Waals surface area contributed by atoms with Crippen LogP contribution in [0.3, 0.4) is 0 Å². The van der Waals surface area contributed by atoms with Gasteiger partial charge in [-0.1, -0.05) is 42.5 Å². The summed E-state index contributed by atoms with van der Waals surface area (Å²) in [4.78, 5) is 36.0. The normalized spacial score (nSPS) is 13.6. The number of allylic oxidation sites excluding steroid dienone is 1. The third-order valence-electron chi connectivity index (χ3n) is 3.47. The zero-order chi connectivity index (χ0) is 16.4. The summed E-state index contributed by atoms with van der Waals surface area (Å²) in [5, 5.41) is 5.62. The number of hydrogen-bond acceptors (Lipinski definition) is 4. The Morgan fingerprint density at radius 3 is 2.04 bits per heavy atom. The fraction of sp³-hybridized carbons (Fsp3) is 0.0556. The molecule has 0 spiro atoms. The Labute approximate surface area is 133 Å². The zero-order valence-electron chi connectivity index (χ0n) is 12.4. The van der Waals surface area contributed by atoms with Crippen LogP contribution in [0.4, 0.5) is 5.69 Å². The maximum atomic E-state index is 12.4. The van der Waals surface area contributed by atoms with E-state index in [1.807, 2.05) is 30.3 Å². The van der Waals surface area contributed by atoms with Crippen LogP contribution >= 0.6 is 0 Å². The van der Waals surface area contributed by atoms with Gasteiger partial charge in [0.2, 0.25) is 11.7 Å². The van der Waals surface area contributed by atoms with E-state index in [1.165, 1.54) is 6.92 Å². The molecule has 1 aliphatic rings. The maximum Gasteiger partial charge on any atom is 0.251 e. The third-order valence-corrected chi connectivity index (χ3v) is 3.47. The minimum atomic E-state index is -0.725. The maximum absolute atomic E-state index is 12.4. The average molecular weight is 306 g/mol. The van der Waals surface area contributed by atoms with Gasteiger partial charge in [-0.3, -0.25) is 14.4 Å². The highest BCUT2D eigenvalue weighted by molar-refractivity contribution is 6.52. The molecule has 2 aromatic rings. The summed E-state index contributed by atoms with van der Waals surface area (Å²) in [6, 6.07) is 16.1. The van der Waals surface area contributed by atoms with E-state index in [4.69, 9.17) is 0 Å². The van der Waals surface area contributed by atoms with Gasteiger partial charge in [0.15, 0.2) is 0 Å². The Morgan fingerprint density at radius 1 is 0.783 bits per heavy atom. The lowest BCUT2D eigenvalue weighted by molar-refractivity contribution is -0.120. The molecule has 1 amide bonds. The molecule has 5 heteroatoms. The van der Waals surface area contributed by atoms with Crippen LogP contribution in [0.5, 0.6) is 0 Å². The van der Waals surface area contributed by atoms with Gasteiger partial charge in [0.1, 0.15) is 5.70 Å². The van der Waals surface area contributed by atoms with E-state index in [0.717, 1.165) is 5.69 Å². The summed E-state index contributed by atoms with van der Waals surface area (Å²) in [7, 11) is 0. The van der Waals surface area contributed by atoms with Crippen LogP contribution in [-0.4, -0.2) is 17.5 Å². The molecule has 0 bridgehead atoms. The van der Waals surface area contributed by atoms with Gasteiger partial charge in [-0.15, -0.1) is 0 Å². The van der Waals surface area contributed by atoms with E-state index in [-0.39, 0.29) is 5.70 Å². The average Bonchev–Trinajstić information content (AvgIpc) is 2.56. The van der Waals surface area contributed by atoms with E-state index in [9.17, 15) is 14.4 Å². The number of fused-ring (bicyclic) bond motifs is 1. The summed E-state index contributed by atoms with van der Waals surface area (Å²) in [5.74, 6) is -1.76. The van der Waals surface area contributed by atoms with Crippen LogP contribution in [-0.2, 0) is 9.59 Å². The SMILES string of the molecule is CC(=O)NC1=C(Nc2ccccc2)c2ccccc2C(=O)C1=O. The molecule has 0 heterocycles. The number of carbonyl (C=O) groups is 3. The molecule has 23 heavy (non-hydrogen) atoms. The first kappa shape index (κ1) is 14.7. The molecule has 0 saturated carbocycles. The minimum absolute atomic E-state index is 0.0231. The number of benzene rings is 2. The standard InChI is InChI=1S/C18H14N2O3/c1-11(21)19-16-15(20-12-7-3-2-4-8-12)13-9-5-6-10-14(13)17(22)18(16)23/h2-10,20H,1H3,(H,19,21). The Kier molecular flexibility index (Phi) is 3.76. The van der Waals surface area contributed by atoms with Crippen molar-refractivity contribution >= 4 is 28.9 Å². The second-order valence-corrected chi connectivity index (χ2v) is 5.13. The van der Waals surface area contributed by atoms with Crippen LogP contribution in [0.1, 0.15) is 22.8 Å². The van der Waals surface area contributed by atoms with Gasteiger partial charge < -0.3 is 10.6 Å². The number of amides is 1. The largest absolute Gasteiger partial charge is 0.353 e. The molecule has 0 atom stereocenters. The minimum Gasteiger partial charge on any atom is -0.353 e. The molecule has 0 radical (unpaired) electrons. The van der Waals surface area contributed by atoms with Crippen molar-refractivity contribution in [3.63, 3.8) is 0 Å². The molecule has 0 aromatic heterocycles. The quantitative estimate of drug-likeness (QED) is 0.854. The van der Waals surface area contributed by atoms with Gasteiger partial charge in [0, 0.05) is 23.7 Å². The molecule has 0 unspecified atom stereocenters. The van der Waals surface area contributed by atoms with Crippen LogP contribution in [0, 0.1) is 0 Å². The lowest BCUT2D eigenvalue weighted by Crippen LogP contribution is -2.35. The van der Waals surface area contributed by atoms with E-state index in [0.29, 0.717) is 16.8 Å². The first-order valence-corrected chi connectivity index (χ1v) is 7.10. The molecule has 5 nitrogen and oxygen atoms in total. The van der Waals surface area contributed by atoms with Crippen molar-refractivity contribution < 1.29 is 14.4 Å². The second kappa shape index (κ2) is 5.88. The van der Waals surface area contributed by atoms with E-state index in [2.05, 4.69) is 10.6 Å². The van der Waals surface area contributed by atoms with Crippen molar-refractivity contribution in [2.45, 2.75) is 6.92 Å². The molecular weight excluding hydrogens is 292 g/mol. The fourth-order valence-corrected chi connectivity index (χ4v) is 2.47. The van der Waals surface area contributed by atoms with E-state index < -0.39 is 17.5 Å². The van der Waals surface area contributed by atoms with Crippen molar-refractivity contribution in [2.24, 2.45) is 0 Å². The summed E-state index contributed by atoms with van der Waals surface area (Å²) >= 11 is 0. The highest BCUT2D eigenvalue weighted by atomic mass is 16.2. The summed E-state index contributed by atoms with van der Waals surface area (Å²) < 4.78 is 0. The highest BCUT2D eigenvalue weighted by Gasteiger charge is 2.33. The first-order chi connectivity index (χ1) is 11.1. The third kappa shape index (κ3) is 2.76. The van der Waals surface area contributed by atoms with E-state index >= 15 is 0 Å². The van der Waals surface area contributed by atoms with Gasteiger partial charge in [-0.2, -0.15) is 0 Å². The number of nitrogens with one attached hydrogen (secondary N) is 2. The monoisotopic (exact) mass is 306 g/mol. The lowest BCUT2D eigenvalue weighted by Gasteiger charge is -2.22.